The molecule has 0 bridgehead atoms. The lowest BCUT2D eigenvalue weighted by Gasteiger charge is -2.17. The van der Waals surface area contributed by atoms with E-state index in [4.69, 9.17) is 0 Å². The van der Waals surface area contributed by atoms with Crippen molar-refractivity contribution < 1.29 is 22.8 Å². The van der Waals surface area contributed by atoms with Gasteiger partial charge in [0.1, 0.15) is 0 Å². The molecule has 3 rings (SSSR count). The van der Waals surface area contributed by atoms with Crippen LogP contribution in [0.2, 0.25) is 0 Å². The van der Waals surface area contributed by atoms with Gasteiger partial charge < -0.3 is 10.2 Å². The maximum absolute atomic E-state index is 12.8. The SMILES string of the molecule is Cn1cc(NC(=O)[C@@H]2CC(=O)N(Cc3cccc(C(F)(F)F)c3)C2)cn1. The molecule has 1 fully saturated rings. The van der Waals surface area contributed by atoms with Crippen LogP contribution in [0.1, 0.15) is 17.5 Å². The summed E-state index contributed by atoms with van der Waals surface area (Å²) < 4.78 is 39.9. The number of anilines is 1. The van der Waals surface area contributed by atoms with E-state index in [9.17, 15) is 22.8 Å². The number of nitrogens with zero attached hydrogens (tertiary/aromatic N) is 3. The van der Waals surface area contributed by atoms with Crippen LogP contribution < -0.4 is 5.32 Å². The van der Waals surface area contributed by atoms with Gasteiger partial charge in [-0.3, -0.25) is 14.3 Å². The summed E-state index contributed by atoms with van der Waals surface area (Å²) in [4.78, 5) is 25.8. The monoisotopic (exact) mass is 366 g/mol. The van der Waals surface area contributed by atoms with Gasteiger partial charge in [-0.25, -0.2) is 0 Å². The third-order valence-corrected chi connectivity index (χ3v) is 4.19. The van der Waals surface area contributed by atoms with Crippen LogP contribution in [0.5, 0.6) is 0 Å². The van der Waals surface area contributed by atoms with Crippen molar-refractivity contribution >= 4 is 17.5 Å². The number of hydrogen-bond donors (Lipinski definition) is 1. The Balaban J connectivity index is 1.64. The number of rotatable bonds is 4. The van der Waals surface area contributed by atoms with Crippen molar-refractivity contribution in [2.45, 2.75) is 19.1 Å². The minimum absolute atomic E-state index is 0.0328. The highest BCUT2D eigenvalue weighted by Gasteiger charge is 2.35. The van der Waals surface area contributed by atoms with Crippen LogP contribution in [0.3, 0.4) is 0 Å². The minimum Gasteiger partial charge on any atom is -0.338 e. The fraction of sp³-hybridized carbons (Fsp3) is 0.353. The summed E-state index contributed by atoms with van der Waals surface area (Å²) in [5.74, 6) is -1.11. The maximum Gasteiger partial charge on any atom is 0.416 e. The summed E-state index contributed by atoms with van der Waals surface area (Å²) in [7, 11) is 1.71. The van der Waals surface area contributed by atoms with E-state index < -0.39 is 17.7 Å². The second kappa shape index (κ2) is 6.81. The molecule has 6 nitrogen and oxygen atoms in total. The molecule has 2 heterocycles. The maximum atomic E-state index is 12.8. The molecular formula is C17H17F3N4O2. The molecule has 1 aliphatic rings. The first-order valence-electron chi connectivity index (χ1n) is 7.96. The summed E-state index contributed by atoms with van der Waals surface area (Å²) in [6, 6.07) is 4.85. The molecule has 1 aromatic heterocycles. The summed E-state index contributed by atoms with van der Waals surface area (Å²) >= 11 is 0. The third-order valence-electron chi connectivity index (χ3n) is 4.19. The molecule has 1 saturated heterocycles. The lowest BCUT2D eigenvalue weighted by Crippen LogP contribution is -2.28. The largest absolute Gasteiger partial charge is 0.416 e. The number of hydrogen-bond acceptors (Lipinski definition) is 3. The Bertz CT molecular complexity index is 831. The minimum atomic E-state index is -4.43. The molecular weight excluding hydrogens is 349 g/mol. The van der Waals surface area contributed by atoms with Crippen LogP contribution in [0.4, 0.5) is 18.9 Å². The highest BCUT2D eigenvalue weighted by Crippen LogP contribution is 2.30. The van der Waals surface area contributed by atoms with E-state index in [2.05, 4.69) is 10.4 Å². The van der Waals surface area contributed by atoms with E-state index in [1.54, 1.807) is 13.2 Å². The van der Waals surface area contributed by atoms with Gasteiger partial charge >= 0.3 is 6.18 Å². The van der Waals surface area contributed by atoms with Crippen molar-refractivity contribution in [1.29, 1.82) is 0 Å². The van der Waals surface area contributed by atoms with Gasteiger partial charge in [0.05, 0.1) is 23.4 Å². The van der Waals surface area contributed by atoms with Crippen LogP contribution in [0.15, 0.2) is 36.7 Å². The highest BCUT2D eigenvalue weighted by molar-refractivity contribution is 5.97. The number of aromatic nitrogens is 2. The zero-order chi connectivity index (χ0) is 18.9. The van der Waals surface area contributed by atoms with E-state index in [0.29, 0.717) is 11.3 Å². The summed E-state index contributed by atoms with van der Waals surface area (Å²) in [5, 5.41) is 6.63. The van der Waals surface area contributed by atoms with E-state index >= 15 is 0 Å². The zero-order valence-electron chi connectivity index (χ0n) is 14.0. The Morgan fingerprint density at radius 3 is 2.81 bits per heavy atom. The topological polar surface area (TPSA) is 67.2 Å². The number of alkyl halides is 3. The standard InChI is InChI=1S/C17H17F3N4O2/c1-23-10-14(7-21-23)22-16(26)12-6-15(25)24(9-12)8-11-3-2-4-13(5-11)17(18,19)20/h2-5,7,10,12H,6,8-9H2,1H3,(H,22,26)/t12-/m1/s1. The number of aryl methyl sites for hydroxylation is 1. The molecule has 138 valence electrons. The number of amides is 2. The van der Waals surface area contributed by atoms with Gasteiger partial charge in [-0.2, -0.15) is 18.3 Å². The normalized spacial score (nSPS) is 17.6. The van der Waals surface area contributed by atoms with Crippen molar-refractivity contribution in [3.05, 3.63) is 47.8 Å². The zero-order valence-corrected chi connectivity index (χ0v) is 14.0. The molecule has 0 saturated carbocycles. The van der Waals surface area contributed by atoms with Crippen LogP contribution in [0.25, 0.3) is 0 Å². The Labute approximate surface area is 147 Å². The number of halogens is 3. The first kappa shape index (κ1) is 18.0. The van der Waals surface area contributed by atoms with Crippen LogP contribution >= 0.6 is 0 Å². The quantitative estimate of drug-likeness (QED) is 0.904. The summed E-state index contributed by atoms with van der Waals surface area (Å²) in [6.45, 7) is 0.209. The van der Waals surface area contributed by atoms with Gasteiger partial charge in [-0.1, -0.05) is 12.1 Å². The average Bonchev–Trinajstić information content (AvgIpc) is 3.13. The molecule has 2 aromatic rings. The average molecular weight is 366 g/mol. The van der Waals surface area contributed by atoms with Crippen molar-refractivity contribution in [2.24, 2.45) is 13.0 Å². The molecule has 1 atom stereocenters. The fourth-order valence-corrected chi connectivity index (χ4v) is 2.90. The first-order valence-corrected chi connectivity index (χ1v) is 7.96. The number of nitrogens with one attached hydrogen (secondary N) is 1. The highest BCUT2D eigenvalue weighted by atomic mass is 19.4. The molecule has 2 amide bonds. The van der Waals surface area contributed by atoms with Crippen LogP contribution in [0, 0.1) is 5.92 Å². The van der Waals surface area contributed by atoms with Crippen molar-refractivity contribution in [1.82, 2.24) is 14.7 Å². The Hall–Kier alpha value is -2.84. The third kappa shape index (κ3) is 4.04. The van der Waals surface area contributed by atoms with Crippen molar-refractivity contribution in [3.8, 4) is 0 Å². The molecule has 1 N–H and O–H groups in total. The Morgan fingerprint density at radius 2 is 2.15 bits per heavy atom. The second-order valence-electron chi connectivity index (χ2n) is 6.27. The van der Waals surface area contributed by atoms with E-state index in [0.717, 1.165) is 12.1 Å². The van der Waals surface area contributed by atoms with E-state index in [1.807, 2.05) is 0 Å². The van der Waals surface area contributed by atoms with Gasteiger partial charge in [0.2, 0.25) is 11.8 Å². The molecule has 0 unspecified atom stereocenters. The predicted octanol–water partition coefficient (Wildman–Crippen LogP) is 2.43. The van der Waals surface area contributed by atoms with Crippen LogP contribution in [-0.2, 0) is 29.4 Å². The predicted molar refractivity (Wildman–Crippen MR) is 86.8 cm³/mol. The first-order chi connectivity index (χ1) is 12.2. The van der Waals surface area contributed by atoms with Gasteiger partial charge in [0, 0.05) is 32.8 Å². The molecule has 9 heteroatoms. The lowest BCUT2D eigenvalue weighted by molar-refractivity contribution is -0.137. The Morgan fingerprint density at radius 1 is 1.38 bits per heavy atom. The van der Waals surface area contributed by atoms with E-state index in [-0.39, 0.29) is 31.3 Å². The smallest absolute Gasteiger partial charge is 0.338 e. The van der Waals surface area contributed by atoms with Crippen molar-refractivity contribution in [2.75, 3.05) is 11.9 Å². The summed E-state index contributed by atoms with van der Waals surface area (Å²) in [6.07, 6.45) is -1.27. The summed E-state index contributed by atoms with van der Waals surface area (Å²) in [5.41, 5.74) is 0.148. The molecule has 1 aromatic carbocycles. The van der Waals surface area contributed by atoms with Gasteiger partial charge in [-0.15, -0.1) is 0 Å². The molecule has 26 heavy (non-hydrogen) atoms. The number of carbonyl (C=O) groups excluding carboxylic acids is 2. The van der Waals surface area contributed by atoms with Gasteiger partial charge in [0.25, 0.3) is 0 Å². The second-order valence-corrected chi connectivity index (χ2v) is 6.27. The van der Waals surface area contributed by atoms with Crippen LogP contribution in [-0.4, -0.2) is 33.0 Å². The lowest BCUT2D eigenvalue weighted by atomic mass is 10.1. The van der Waals surface area contributed by atoms with E-state index in [1.165, 1.54) is 27.9 Å². The number of carbonyl (C=O) groups is 2. The number of likely N-dealkylation sites (tertiary alicyclic amines) is 1. The van der Waals surface area contributed by atoms with Crippen molar-refractivity contribution in [3.63, 3.8) is 0 Å². The number of benzene rings is 1. The Kier molecular flexibility index (Phi) is 4.71. The van der Waals surface area contributed by atoms with Gasteiger partial charge in [-0.05, 0) is 17.7 Å². The molecule has 0 aliphatic carbocycles. The molecule has 0 radical (unpaired) electrons. The fourth-order valence-electron chi connectivity index (χ4n) is 2.90. The molecule has 1 aliphatic heterocycles. The van der Waals surface area contributed by atoms with Gasteiger partial charge in [0.15, 0.2) is 0 Å². The molecule has 0 spiro atoms.